The maximum atomic E-state index is 11.5. The Kier molecular flexibility index (Phi) is 3.94. The van der Waals surface area contributed by atoms with E-state index >= 15 is 0 Å². The van der Waals surface area contributed by atoms with E-state index in [2.05, 4.69) is 0 Å². The minimum atomic E-state index is -0.891. The smallest absolute Gasteiger partial charge is 0.307 e. The molecule has 0 saturated heterocycles. The number of carbonyl (C=O) groups excluding carboxylic acids is 1. The van der Waals surface area contributed by atoms with Crippen LogP contribution in [0.3, 0.4) is 0 Å². The molecule has 1 saturated carbocycles. The van der Waals surface area contributed by atoms with E-state index < -0.39 is 23.5 Å². The Bertz CT molecular complexity index is 273. The summed E-state index contributed by atoms with van der Waals surface area (Å²) in [5.41, 5.74) is -0.542. The van der Waals surface area contributed by atoms with E-state index in [9.17, 15) is 9.59 Å². The number of esters is 1. The van der Waals surface area contributed by atoms with Gasteiger partial charge in [0.1, 0.15) is 5.60 Å². The molecule has 4 nitrogen and oxygen atoms in total. The molecule has 1 atom stereocenters. The molecule has 0 aromatic carbocycles. The maximum absolute atomic E-state index is 11.5. The van der Waals surface area contributed by atoms with E-state index in [0.717, 1.165) is 12.8 Å². The van der Waals surface area contributed by atoms with Crippen molar-refractivity contribution in [3.63, 3.8) is 0 Å². The van der Waals surface area contributed by atoms with Crippen molar-refractivity contribution in [2.24, 2.45) is 11.8 Å². The summed E-state index contributed by atoms with van der Waals surface area (Å²) in [7, 11) is 0. The molecule has 1 aliphatic carbocycles. The van der Waals surface area contributed by atoms with Crippen molar-refractivity contribution in [3.8, 4) is 0 Å². The van der Waals surface area contributed by atoms with Crippen LogP contribution in [0.2, 0.25) is 0 Å². The van der Waals surface area contributed by atoms with Crippen molar-refractivity contribution in [2.45, 2.75) is 52.1 Å². The zero-order chi connectivity index (χ0) is 12.3. The number of hydrogen-bond acceptors (Lipinski definition) is 3. The molecule has 0 bridgehead atoms. The first-order chi connectivity index (χ1) is 7.28. The number of aliphatic carboxylic acids is 1. The highest BCUT2D eigenvalue weighted by Gasteiger charge is 2.31. The normalized spacial score (nSPS) is 17.9. The van der Waals surface area contributed by atoms with E-state index in [0.29, 0.717) is 12.3 Å². The standard InChI is InChI=1S/C12H20O4/c1-12(2,3)16-10(13)7-9(11(14)15)6-8-4-5-8/h8-9H,4-7H2,1-3H3,(H,14,15)/t9-/m1/s1. The third-order valence-electron chi connectivity index (χ3n) is 2.50. The van der Waals surface area contributed by atoms with Gasteiger partial charge in [-0.3, -0.25) is 9.59 Å². The van der Waals surface area contributed by atoms with Crippen molar-refractivity contribution >= 4 is 11.9 Å². The number of hydrogen-bond donors (Lipinski definition) is 1. The van der Waals surface area contributed by atoms with Gasteiger partial charge in [0, 0.05) is 0 Å². The number of rotatable bonds is 5. The first kappa shape index (κ1) is 13.0. The van der Waals surface area contributed by atoms with Crippen molar-refractivity contribution in [1.29, 1.82) is 0 Å². The van der Waals surface area contributed by atoms with Gasteiger partial charge in [0.25, 0.3) is 0 Å². The third kappa shape index (κ3) is 5.14. The van der Waals surface area contributed by atoms with Crippen LogP contribution in [0.5, 0.6) is 0 Å². The summed E-state index contributed by atoms with van der Waals surface area (Å²) in [6, 6.07) is 0. The molecule has 0 unspecified atom stereocenters. The predicted molar refractivity (Wildman–Crippen MR) is 58.9 cm³/mol. The average Bonchev–Trinajstić information content (AvgIpc) is 2.82. The zero-order valence-electron chi connectivity index (χ0n) is 10.2. The SMILES string of the molecule is CC(C)(C)OC(=O)C[C@@H](CC1CC1)C(=O)O. The number of carbonyl (C=O) groups is 2. The van der Waals surface area contributed by atoms with Gasteiger partial charge < -0.3 is 9.84 Å². The first-order valence-corrected chi connectivity index (χ1v) is 5.72. The molecule has 1 fully saturated rings. The van der Waals surface area contributed by atoms with Crippen LogP contribution < -0.4 is 0 Å². The molecule has 0 aromatic heterocycles. The zero-order valence-corrected chi connectivity index (χ0v) is 10.2. The molecule has 1 rings (SSSR count). The Labute approximate surface area is 96.0 Å². The van der Waals surface area contributed by atoms with E-state index in [-0.39, 0.29) is 6.42 Å². The Morgan fingerprint density at radius 3 is 2.31 bits per heavy atom. The average molecular weight is 228 g/mol. The van der Waals surface area contributed by atoms with Gasteiger partial charge in [-0.05, 0) is 33.1 Å². The minimum Gasteiger partial charge on any atom is -0.481 e. The van der Waals surface area contributed by atoms with Crippen molar-refractivity contribution in [2.75, 3.05) is 0 Å². The summed E-state index contributed by atoms with van der Waals surface area (Å²) < 4.78 is 5.12. The fourth-order valence-corrected chi connectivity index (χ4v) is 1.61. The lowest BCUT2D eigenvalue weighted by molar-refractivity contribution is -0.160. The van der Waals surface area contributed by atoms with Gasteiger partial charge in [-0.25, -0.2) is 0 Å². The second kappa shape index (κ2) is 4.85. The molecular formula is C12H20O4. The highest BCUT2D eigenvalue weighted by Crippen LogP contribution is 2.36. The molecule has 16 heavy (non-hydrogen) atoms. The molecule has 0 radical (unpaired) electrons. The van der Waals surface area contributed by atoms with E-state index in [1.165, 1.54) is 0 Å². The molecule has 1 aliphatic rings. The molecule has 92 valence electrons. The number of ether oxygens (including phenoxy) is 1. The Morgan fingerprint density at radius 1 is 1.38 bits per heavy atom. The van der Waals surface area contributed by atoms with E-state index in [1.807, 2.05) is 0 Å². The molecule has 0 aromatic rings. The van der Waals surface area contributed by atoms with Crippen LogP contribution in [0.25, 0.3) is 0 Å². The molecule has 4 heteroatoms. The minimum absolute atomic E-state index is 0.0108. The molecule has 0 spiro atoms. The maximum Gasteiger partial charge on any atom is 0.307 e. The van der Waals surface area contributed by atoms with Crippen molar-refractivity contribution in [1.82, 2.24) is 0 Å². The van der Waals surface area contributed by atoms with Crippen LogP contribution in [0.4, 0.5) is 0 Å². The summed E-state index contributed by atoms with van der Waals surface area (Å²) in [6.45, 7) is 5.34. The monoisotopic (exact) mass is 228 g/mol. The van der Waals surface area contributed by atoms with Gasteiger partial charge in [-0.2, -0.15) is 0 Å². The molecule has 0 aliphatic heterocycles. The van der Waals surface area contributed by atoms with Crippen LogP contribution >= 0.6 is 0 Å². The summed E-state index contributed by atoms with van der Waals surface area (Å²) >= 11 is 0. The molecule has 0 heterocycles. The molecular weight excluding hydrogens is 208 g/mol. The largest absolute Gasteiger partial charge is 0.481 e. The van der Waals surface area contributed by atoms with Crippen LogP contribution in [0.1, 0.15) is 46.5 Å². The van der Waals surface area contributed by atoms with Gasteiger partial charge >= 0.3 is 11.9 Å². The van der Waals surface area contributed by atoms with Gasteiger partial charge in [0.2, 0.25) is 0 Å². The number of carboxylic acid groups (broad SMARTS) is 1. The van der Waals surface area contributed by atoms with Crippen molar-refractivity contribution in [3.05, 3.63) is 0 Å². The highest BCUT2D eigenvalue weighted by molar-refractivity contribution is 5.79. The second-order valence-corrected chi connectivity index (χ2v) is 5.50. The number of carboxylic acids is 1. The lowest BCUT2D eigenvalue weighted by atomic mass is 9.98. The fourth-order valence-electron chi connectivity index (χ4n) is 1.61. The topological polar surface area (TPSA) is 63.6 Å². The third-order valence-corrected chi connectivity index (χ3v) is 2.50. The Hall–Kier alpha value is -1.06. The Balaban J connectivity index is 2.41. The fraction of sp³-hybridized carbons (Fsp3) is 0.833. The van der Waals surface area contributed by atoms with Crippen molar-refractivity contribution < 1.29 is 19.4 Å². The summed E-state index contributed by atoms with van der Waals surface area (Å²) in [5.74, 6) is -1.39. The molecule has 1 N–H and O–H groups in total. The highest BCUT2D eigenvalue weighted by atomic mass is 16.6. The summed E-state index contributed by atoms with van der Waals surface area (Å²) in [5, 5.41) is 8.99. The second-order valence-electron chi connectivity index (χ2n) is 5.50. The van der Waals surface area contributed by atoms with Gasteiger partial charge in [0.15, 0.2) is 0 Å². The summed E-state index contributed by atoms with van der Waals surface area (Å²) in [4.78, 5) is 22.4. The quantitative estimate of drug-likeness (QED) is 0.733. The lowest BCUT2D eigenvalue weighted by Crippen LogP contribution is -2.27. The van der Waals surface area contributed by atoms with Crippen LogP contribution in [0.15, 0.2) is 0 Å². The predicted octanol–water partition coefficient (Wildman–Crippen LogP) is 2.22. The lowest BCUT2D eigenvalue weighted by Gasteiger charge is -2.20. The van der Waals surface area contributed by atoms with Gasteiger partial charge in [-0.15, -0.1) is 0 Å². The van der Waals surface area contributed by atoms with Gasteiger partial charge in [0.05, 0.1) is 12.3 Å². The summed E-state index contributed by atoms with van der Waals surface area (Å²) in [6.07, 6.45) is 2.79. The van der Waals surface area contributed by atoms with E-state index in [4.69, 9.17) is 9.84 Å². The van der Waals surface area contributed by atoms with Crippen LogP contribution in [-0.2, 0) is 14.3 Å². The van der Waals surface area contributed by atoms with Crippen LogP contribution in [0, 0.1) is 11.8 Å². The van der Waals surface area contributed by atoms with Gasteiger partial charge in [-0.1, -0.05) is 12.8 Å². The van der Waals surface area contributed by atoms with E-state index in [1.54, 1.807) is 20.8 Å². The van der Waals surface area contributed by atoms with Crippen LogP contribution in [-0.4, -0.2) is 22.6 Å². The Morgan fingerprint density at radius 2 is 1.94 bits per heavy atom. The first-order valence-electron chi connectivity index (χ1n) is 5.72. The molecule has 0 amide bonds.